The van der Waals surface area contributed by atoms with E-state index in [1.54, 1.807) is 7.11 Å². The van der Waals surface area contributed by atoms with Gasteiger partial charge in [-0.15, -0.1) is 0 Å². The first-order valence-corrected chi connectivity index (χ1v) is 6.59. The Kier molecular flexibility index (Phi) is 4.27. The summed E-state index contributed by atoms with van der Waals surface area (Å²) in [5, 5.41) is 9.25. The molecule has 1 aliphatic rings. The first-order valence-electron chi connectivity index (χ1n) is 6.21. The predicted octanol–water partition coefficient (Wildman–Crippen LogP) is 2.44. The molecule has 0 amide bonds. The van der Waals surface area contributed by atoms with Crippen LogP contribution in [0.4, 0.5) is 5.82 Å². The number of carbonyl (C=O) groups is 1. The summed E-state index contributed by atoms with van der Waals surface area (Å²) >= 11 is 5.83. The molecule has 104 valence electrons. The average Bonchev–Trinajstić information content (AvgIpc) is 2.39. The van der Waals surface area contributed by atoms with Crippen LogP contribution >= 0.6 is 11.6 Å². The third kappa shape index (κ3) is 2.98. The average molecular weight is 285 g/mol. The van der Waals surface area contributed by atoms with Gasteiger partial charge in [0.05, 0.1) is 16.7 Å². The maximum Gasteiger partial charge on any atom is 0.337 e. The molecule has 19 heavy (non-hydrogen) atoms. The summed E-state index contributed by atoms with van der Waals surface area (Å²) in [6.07, 6.45) is 3.48. The van der Waals surface area contributed by atoms with E-state index in [1.165, 1.54) is 12.3 Å². The van der Waals surface area contributed by atoms with Gasteiger partial charge in [0.25, 0.3) is 0 Å². The molecular formula is C13H17ClN2O3. The summed E-state index contributed by atoms with van der Waals surface area (Å²) < 4.78 is 5.36. The zero-order chi connectivity index (χ0) is 14.0. The van der Waals surface area contributed by atoms with Crippen LogP contribution < -0.4 is 4.90 Å². The van der Waals surface area contributed by atoms with Crippen LogP contribution in [0.15, 0.2) is 12.3 Å². The summed E-state index contributed by atoms with van der Waals surface area (Å²) in [6, 6.07) is 1.79. The monoisotopic (exact) mass is 284 g/mol. The molecule has 0 radical (unpaired) electrons. The predicted molar refractivity (Wildman–Crippen MR) is 73.0 cm³/mol. The van der Waals surface area contributed by atoms with E-state index in [0.29, 0.717) is 5.82 Å². The SMILES string of the molecule is COC1CCN(c2cc(C(=O)O)c(Cl)cn2)C(C)C1. The number of pyridine rings is 1. The second-order valence-electron chi connectivity index (χ2n) is 4.75. The Balaban J connectivity index is 2.23. The number of carboxylic acid groups (broad SMARTS) is 1. The second kappa shape index (κ2) is 5.75. The quantitative estimate of drug-likeness (QED) is 0.924. The second-order valence-corrected chi connectivity index (χ2v) is 5.16. The van der Waals surface area contributed by atoms with Crippen molar-refractivity contribution in [2.75, 3.05) is 18.6 Å². The van der Waals surface area contributed by atoms with Gasteiger partial charge in [-0.3, -0.25) is 0 Å². The molecule has 2 heterocycles. The minimum Gasteiger partial charge on any atom is -0.478 e. The van der Waals surface area contributed by atoms with E-state index in [-0.39, 0.29) is 22.7 Å². The molecule has 1 fully saturated rings. The van der Waals surface area contributed by atoms with Gasteiger partial charge >= 0.3 is 5.97 Å². The standard InChI is InChI=1S/C13H17ClN2O3/c1-8-5-9(19-2)3-4-16(8)12-6-10(13(17)18)11(14)7-15-12/h6-9H,3-5H2,1-2H3,(H,17,18). The number of carboxylic acids is 1. The zero-order valence-corrected chi connectivity index (χ0v) is 11.7. The lowest BCUT2D eigenvalue weighted by atomic mass is 10.0. The van der Waals surface area contributed by atoms with Crippen molar-refractivity contribution in [3.63, 3.8) is 0 Å². The van der Waals surface area contributed by atoms with Gasteiger partial charge in [0.2, 0.25) is 0 Å². The van der Waals surface area contributed by atoms with E-state index in [4.69, 9.17) is 21.4 Å². The van der Waals surface area contributed by atoms with Crippen molar-refractivity contribution in [3.8, 4) is 0 Å². The molecule has 0 aromatic carbocycles. The number of methoxy groups -OCH3 is 1. The number of halogens is 1. The van der Waals surface area contributed by atoms with Crippen molar-refractivity contribution in [2.45, 2.75) is 31.9 Å². The Morgan fingerprint density at radius 2 is 2.37 bits per heavy atom. The fourth-order valence-corrected chi connectivity index (χ4v) is 2.62. The molecule has 0 spiro atoms. The number of anilines is 1. The van der Waals surface area contributed by atoms with Crippen molar-refractivity contribution >= 4 is 23.4 Å². The summed E-state index contributed by atoms with van der Waals surface area (Å²) in [6.45, 7) is 2.88. The van der Waals surface area contributed by atoms with Gasteiger partial charge in [-0.05, 0) is 25.8 Å². The number of nitrogens with zero attached hydrogens (tertiary/aromatic N) is 2. The van der Waals surface area contributed by atoms with Gasteiger partial charge < -0.3 is 14.7 Å². The van der Waals surface area contributed by atoms with Crippen molar-refractivity contribution < 1.29 is 14.6 Å². The molecule has 0 saturated carbocycles. The summed E-state index contributed by atoms with van der Waals surface area (Å²) in [7, 11) is 1.72. The number of aromatic carboxylic acids is 1. The van der Waals surface area contributed by atoms with E-state index in [9.17, 15) is 4.79 Å². The molecule has 6 heteroatoms. The van der Waals surface area contributed by atoms with Gasteiger partial charge in [0.1, 0.15) is 5.82 Å². The molecule has 1 aromatic heterocycles. The van der Waals surface area contributed by atoms with Crippen LogP contribution in [0.3, 0.4) is 0 Å². The molecule has 5 nitrogen and oxygen atoms in total. The van der Waals surface area contributed by atoms with Crippen LogP contribution in [-0.2, 0) is 4.74 Å². The first kappa shape index (κ1) is 14.1. The van der Waals surface area contributed by atoms with E-state index >= 15 is 0 Å². The number of piperidine rings is 1. The molecule has 2 atom stereocenters. The highest BCUT2D eigenvalue weighted by molar-refractivity contribution is 6.33. The molecule has 2 unspecified atom stereocenters. The number of hydrogen-bond donors (Lipinski definition) is 1. The molecule has 1 aliphatic heterocycles. The first-order chi connectivity index (χ1) is 9.02. The van der Waals surface area contributed by atoms with E-state index in [2.05, 4.69) is 16.8 Å². The van der Waals surface area contributed by atoms with Crippen molar-refractivity contribution in [1.82, 2.24) is 4.98 Å². The Morgan fingerprint density at radius 3 is 2.95 bits per heavy atom. The number of ether oxygens (including phenoxy) is 1. The van der Waals surface area contributed by atoms with Crippen LogP contribution in [-0.4, -0.2) is 41.9 Å². The van der Waals surface area contributed by atoms with Crippen LogP contribution in [0.25, 0.3) is 0 Å². The molecule has 0 aliphatic carbocycles. The molecular weight excluding hydrogens is 268 g/mol. The van der Waals surface area contributed by atoms with Crippen LogP contribution in [0.5, 0.6) is 0 Å². The summed E-state index contributed by atoms with van der Waals surface area (Å²) in [4.78, 5) is 17.4. The van der Waals surface area contributed by atoms with Crippen molar-refractivity contribution in [2.24, 2.45) is 0 Å². The van der Waals surface area contributed by atoms with Crippen molar-refractivity contribution in [1.29, 1.82) is 0 Å². The Bertz CT molecular complexity index is 481. The molecule has 1 N–H and O–H groups in total. The number of rotatable bonds is 3. The van der Waals surface area contributed by atoms with Gasteiger partial charge in [-0.1, -0.05) is 11.6 Å². The summed E-state index contributed by atoms with van der Waals surface area (Å²) in [5.41, 5.74) is 0.0905. The lowest BCUT2D eigenvalue weighted by molar-refractivity contribution is 0.0693. The molecule has 2 rings (SSSR count). The Morgan fingerprint density at radius 1 is 1.63 bits per heavy atom. The normalized spacial score (nSPS) is 23.4. The lowest BCUT2D eigenvalue weighted by Gasteiger charge is -2.38. The van der Waals surface area contributed by atoms with Gasteiger partial charge in [0.15, 0.2) is 0 Å². The smallest absolute Gasteiger partial charge is 0.337 e. The fraction of sp³-hybridized carbons (Fsp3) is 0.538. The maximum atomic E-state index is 11.1. The van der Waals surface area contributed by atoms with Crippen LogP contribution in [0, 0.1) is 0 Å². The zero-order valence-electron chi connectivity index (χ0n) is 11.0. The Labute approximate surface area is 117 Å². The molecule has 0 bridgehead atoms. The highest BCUT2D eigenvalue weighted by Crippen LogP contribution is 2.27. The highest BCUT2D eigenvalue weighted by atomic mass is 35.5. The topological polar surface area (TPSA) is 62.7 Å². The van der Waals surface area contributed by atoms with E-state index in [1.807, 2.05) is 0 Å². The summed E-state index contributed by atoms with van der Waals surface area (Å²) in [5.74, 6) is -0.378. The Hall–Kier alpha value is -1.33. The lowest BCUT2D eigenvalue weighted by Crippen LogP contribution is -2.43. The highest BCUT2D eigenvalue weighted by Gasteiger charge is 2.27. The van der Waals surface area contributed by atoms with Gasteiger partial charge in [-0.25, -0.2) is 9.78 Å². The minimum atomic E-state index is -1.03. The van der Waals surface area contributed by atoms with Crippen LogP contribution in [0.2, 0.25) is 5.02 Å². The van der Waals surface area contributed by atoms with Crippen molar-refractivity contribution in [3.05, 3.63) is 22.8 Å². The maximum absolute atomic E-state index is 11.1. The van der Waals surface area contributed by atoms with E-state index < -0.39 is 5.97 Å². The fourth-order valence-electron chi connectivity index (χ4n) is 2.43. The number of hydrogen-bond acceptors (Lipinski definition) is 4. The minimum absolute atomic E-state index is 0.0905. The van der Waals surface area contributed by atoms with E-state index in [0.717, 1.165) is 19.4 Å². The third-order valence-electron chi connectivity index (χ3n) is 3.53. The van der Waals surface area contributed by atoms with Gasteiger partial charge in [-0.2, -0.15) is 0 Å². The molecule has 1 aromatic rings. The molecule has 1 saturated heterocycles. The largest absolute Gasteiger partial charge is 0.478 e. The number of aromatic nitrogens is 1. The van der Waals surface area contributed by atoms with Gasteiger partial charge in [0, 0.05) is 25.9 Å². The third-order valence-corrected chi connectivity index (χ3v) is 3.83. The van der Waals surface area contributed by atoms with Crippen LogP contribution in [0.1, 0.15) is 30.1 Å².